The highest BCUT2D eigenvalue weighted by molar-refractivity contribution is 6.31. The first kappa shape index (κ1) is 22.7. The Morgan fingerprint density at radius 1 is 0.688 bits per heavy atom. The molecule has 2 amide bonds. The first-order chi connectivity index (χ1) is 15.2. The number of hydrogen-bond donors (Lipinski definition) is 2. The van der Waals surface area contributed by atoms with Crippen molar-refractivity contribution in [2.24, 2.45) is 0 Å². The monoisotopic (exact) mass is 474 g/mol. The minimum Gasteiger partial charge on any atom is -0.322 e. The molecule has 162 valence electrons. The first-order valence-corrected chi connectivity index (χ1v) is 9.52. The van der Waals surface area contributed by atoms with Crippen molar-refractivity contribution < 1.29 is 19.4 Å². The number of carbonyl (C=O) groups excluding carboxylic acids is 2. The van der Waals surface area contributed by atoms with Crippen LogP contribution in [0.5, 0.6) is 0 Å². The zero-order valence-electron chi connectivity index (χ0n) is 15.9. The van der Waals surface area contributed by atoms with Crippen LogP contribution in [0.15, 0.2) is 60.7 Å². The lowest BCUT2D eigenvalue weighted by atomic mass is 10.1. The van der Waals surface area contributed by atoms with Gasteiger partial charge in [-0.25, -0.2) is 0 Å². The molecule has 10 nitrogen and oxygen atoms in total. The maximum absolute atomic E-state index is 12.5. The number of anilines is 2. The number of benzene rings is 3. The van der Waals surface area contributed by atoms with Crippen molar-refractivity contribution in [2.75, 3.05) is 10.6 Å². The Morgan fingerprint density at radius 2 is 1.09 bits per heavy atom. The number of nitro groups is 2. The Balaban J connectivity index is 1.81. The average Bonchev–Trinajstić information content (AvgIpc) is 2.73. The van der Waals surface area contributed by atoms with E-state index in [4.69, 9.17) is 23.2 Å². The topological polar surface area (TPSA) is 144 Å². The lowest BCUT2D eigenvalue weighted by molar-refractivity contribution is -0.385. The lowest BCUT2D eigenvalue weighted by Gasteiger charge is -2.10. The summed E-state index contributed by atoms with van der Waals surface area (Å²) in [5, 5.41) is 27.6. The Hall–Kier alpha value is -4.02. The highest BCUT2D eigenvalue weighted by atomic mass is 35.5. The zero-order chi connectivity index (χ0) is 23.4. The van der Waals surface area contributed by atoms with E-state index < -0.39 is 33.0 Å². The molecule has 0 atom stereocenters. The van der Waals surface area contributed by atoms with Crippen LogP contribution in [0.25, 0.3) is 0 Å². The second kappa shape index (κ2) is 9.41. The van der Waals surface area contributed by atoms with E-state index in [-0.39, 0.29) is 32.5 Å². The number of nitrogens with one attached hydrogen (secondary N) is 2. The van der Waals surface area contributed by atoms with Crippen LogP contribution in [0.3, 0.4) is 0 Å². The van der Waals surface area contributed by atoms with E-state index in [1.54, 1.807) is 0 Å². The molecule has 0 heterocycles. The summed E-state index contributed by atoms with van der Waals surface area (Å²) < 4.78 is 0. The van der Waals surface area contributed by atoms with Crippen molar-refractivity contribution in [1.29, 1.82) is 0 Å². The van der Waals surface area contributed by atoms with Gasteiger partial charge in [-0.1, -0.05) is 29.3 Å². The second-order valence-corrected chi connectivity index (χ2v) is 7.20. The van der Waals surface area contributed by atoms with Gasteiger partial charge >= 0.3 is 0 Å². The first-order valence-electron chi connectivity index (χ1n) is 8.76. The van der Waals surface area contributed by atoms with Gasteiger partial charge in [0.15, 0.2) is 0 Å². The quantitative estimate of drug-likeness (QED) is 0.365. The van der Waals surface area contributed by atoms with Crippen LogP contribution in [0.2, 0.25) is 10.0 Å². The average molecular weight is 475 g/mol. The minimum absolute atomic E-state index is 0.106. The molecular weight excluding hydrogens is 463 g/mol. The van der Waals surface area contributed by atoms with E-state index in [9.17, 15) is 29.8 Å². The van der Waals surface area contributed by atoms with Gasteiger partial charge in [-0.15, -0.1) is 0 Å². The summed E-state index contributed by atoms with van der Waals surface area (Å²) in [5.41, 5.74) is -0.884. The molecule has 32 heavy (non-hydrogen) atoms. The summed E-state index contributed by atoms with van der Waals surface area (Å²) in [6, 6.07) is 13.2. The van der Waals surface area contributed by atoms with Gasteiger partial charge in [0.1, 0.15) is 11.1 Å². The van der Waals surface area contributed by atoms with Gasteiger partial charge in [-0.05, 0) is 42.5 Å². The molecule has 0 saturated carbocycles. The highest BCUT2D eigenvalue weighted by Gasteiger charge is 2.22. The van der Waals surface area contributed by atoms with E-state index in [1.807, 2.05) is 0 Å². The summed E-state index contributed by atoms with van der Waals surface area (Å²) in [7, 11) is 0. The predicted molar refractivity (Wildman–Crippen MR) is 119 cm³/mol. The van der Waals surface area contributed by atoms with Crippen LogP contribution < -0.4 is 10.6 Å². The third-order valence-electron chi connectivity index (χ3n) is 4.18. The molecular formula is C20H12Cl2N4O6. The van der Waals surface area contributed by atoms with Crippen molar-refractivity contribution >= 4 is 57.8 Å². The van der Waals surface area contributed by atoms with Gasteiger partial charge in [0.05, 0.1) is 9.85 Å². The molecule has 0 saturated heterocycles. The lowest BCUT2D eigenvalue weighted by Crippen LogP contribution is -2.16. The molecule has 0 fully saturated rings. The number of rotatable bonds is 6. The summed E-state index contributed by atoms with van der Waals surface area (Å²) in [6.07, 6.45) is 0. The summed E-state index contributed by atoms with van der Waals surface area (Å²) in [4.78, 5) is 46.0. The Labute approximate surface area is 190 Å². The van der Waals surface area contributed by atoms with Crippen LogP contribution in [0, 0.1) is 20.2 Å². The molecule has 0 aliphatic heterocycles. The summed E-state index contributed by atoms with van der Waals surface area (Å²) in [5.74, 6) is -1.52. The van der Waals surface area contributed by atoms with Gasteiger partial charge in [0.2, 0.25) is 0 Å². The van der Waals surface area contributed by atoms with Crippen LogP contribution in [-0.4, -0.2) is 21.7 Å². The number of nitrogens with zero attached hydrogens (tertiary/aromatic N) is 2. The molecule has 0 aromatic heterocycles. The van der Waals surface area contributed by atoms with Gasteiger partial charge < -0.3 is 10.6 Å². The molecule has 3 rings (SSSR count). The molecule has 3 aromatic carbocycles. The van der Waals surface area contributed by atoms with Crippen molar-refractivity contribution in [3.05, 3.63) is 102 Å². The van der Waals surface area contributed by atoms with Gasteiger partial charge in [0.25, 0.3) is 23.2 Å². The van der Waals surface area contributed by atoms with E-state index in [2.05, 4.69) is 10.6 Å². The third kappa shape index (κ3) is 5.17. The van der Waals surface area contributed by atoms with Crippen molar-refractivity contribution in [3.8, 4) is 0 Å². The number of carbonyl (C=O) groups is 2. The number of amides is 2. The number of hydrogen-bond acceptors (Lipinski definition) is 6. The number of nitro benzene ring substituents is 2. The molecule has 0 spiro atoms. The van der Waals surface area contributed by atoms with Crippen molar-refractivity contribution in [3.63, 3.8) is 0 Å². The SMILES string of the molecule is O=C(Nc1cccc(NC(=O)c2ccc(Cl)cc2[N+](=O)[O-])c1)c1ccc(Cl)cc1[N+](=O)[O-]. The Bertz CT molecular complexity index is 1170. The van der Waals surface area contributed by atoms with Crippen LogP contribution >= 0.6 is 23.2 Å². The minimum atomic E-state index is -0.759. The van der Waals surface area contributed by atoms with Crippen LogP contribution in [0.1, 0.15) is 20.7 Å². The fourth-order valence-corrected chi connectivity index (χ4v) is 3.10. The molecule has 12 heteroatoms. The number of halogens is 2. The summed E-state index contributed by atoms with van der Waals surface area (Å²) in [6.45, 7) is 0. The Kier molecular flexibility index (Phi) is 6.67. The zero-order valence-corrected chi connectivity index (χ0v) is 17.4. The molecule has 0 bridgehead atoms. The second-order valence-electron chi connectivity index (χ2n) is 6.33. The van der Waals surface area contributed by atoms with Crippen LogP contribution in [-0.2, 0) is 0 Å². The Morgan fingerprint density at radius 3 is 1.47 bits per heavy atom. The maximum atomic E-state index is 12.5. The molecule has 0 aliphatic carbocycles. The largest absolute Gasteiger partial charge is 0.322 e. The third-order valence-corrected chi connectivity index (χ3v) is 4.65. The van der Waals surface area contributed by atoms with E-state index in [0.29, 0.717) is 0 Å². The molecule has 3 aromatic rings. The normalized spacial score (nSPS) is 10.3. The van der Waals surface area contributed by atoms with Gasteiger partial charge in [-0.2, -0.15) is 0 Å². The van der Waals surface area contributed by atoms with Crippen LogP contribution in [0.4, 0.5) is 22.7 Å². The molecule has 0 radical (unpaired) electrons. The van der Waals surface area contributed by atoms with E-state index in [0.717, 1.165) is 12.1 Å². The maximum Gasteiger partial charge on any atom is 0.283 e. The smallest absolute Gasteiger partial charge is 0.283 e. The highest BCUT2D eigenvalue weighted by Crippen LogP contribution is 2.26. The van der Waals surface area contributed by atoms with Crippen molar-refractivity contribution in [1.82, 2.24) is 0 Å². The molecule has 0 aliphatic rings. The van der Waals surface area contributed by atoms with E-state index >= 15 is 0 Å². The van der Waals surface area contributed by atoms with Gasteiger partial charge in [0, 0.05) is 33.6 Å². The molecule has 2 N–H and O–H groups in total. The molecule has 0 unspecified atom stereocenters. The summed E-state index contributed by atoms with van der Waals surface area (Å²) >= 11 is 11.5. The fourth-order valence-electron chi connectivity index (χ4n) is 2.77. The predicted octanol–water partition coefficient (Wildman–Crippen LogP) is 5.31. The van der Waals surface area contributed by atoms with Gasteiger partial charge in [-0.3, -0.25) is 29.8 Å². The fraction of sp³-hybridized carbons (Fsp3) is 0. The standard InChI is InChI=1S/C20H12Cl2N4O6/c21-11-4-6-15(17(8-11)25(29)30)19(27)23-13-2-1-3-14(10-13)24-20(28)16-7-5-12(22)9-18(16)26(31)32/h1-10H,(H,23,27)(H,24,28). The van der Waals surface area contributed by atoms with E-state index in [1.165, 1.54) is 48.5 Å². The van der Waals surface area contributed by atoms with Crippen molar-refractivity contribution in [2.45, 2.75) is 0 Å².